The van der Waals surface area contributed by atoms with E-state index in [2.05, 4.69) is 15.0 Å². The van der Waals surface area contributed by atoms with Crippen LogP contribution in [0, 0.1) is 13.8 Å². The molecular formula is C19H21N3O5S. The third-order valence-corrected chi connectivity index (χ3v) is 4.96. The minimum absolute atomic E-state index is 0.269. The number of fused-ring (bicyclic) bond motifs is 1. The second-order valence-corrected chi connectivity index (χ2v) is 8.28. The molecule has 3 rings (SSSR count). The maximum Gasteiger partial charge on any atom is 0.340 e. The van der Waals surface area contributed by atoms with Gasteiger partial charge >= 0.3 is 5.97 Å². The number of rotatable bonds is 5. The molecule has 2 aromatic rings. The molecule has 148 valence electrons. The fourth-order valence-corrected chi connectivity index (χ4v) is 3.74. The highest BCUT2D eigenvalue weighted by Gasteiger charge is 2.26. The third kappa shape index (κ3) is 3.79. The summed E-state index contributed by atoms with van der Waals surface area (Å²) in [4.78, 5) is 27.7. The van der Waals surface area contributed by atoms with Crippen molar-refractivity contribution in [1.29, 1.82) is 0 Å². The van der Waals surface area contributed by atoms with Crippen molar-refractivity contribution in [3.05, 3.63) is 46.3 Å². The highest BCUT2D eigenvalue weighted by Crippen LogP contribution is 2.36. The van der Waals surface area contributed by atoms with Gasteiger partial charge in [0.25, 0.3) is 5.91 Å². The van der Waals surface area contributed by atoms with E-state index in [0.717, 1.165) is 6.26 Å². The van der Waals surface area contributed by atoms with Crippen LogP contribution in [0.1, 0.15) is 39.8 Å². The SMILES string of the molecule is CCOC(=O)c1c(C)[nH]c(C=C2C(=O)Nc3ccc(NS(C)(=O)=O)cc32)c1C. The van der Waals surface area contributed by atoms with E-state index in [4.69, 9.17) is 4.74 Å². The number of carbonyl (C=O) groups excluding carboxylic acids is 2. The van der Waals surface area contributed by atoms with Crippen LogP contribution in [0.4, 0.5) is 11.4 Å². The van der Waals surface area contributed by atoms with Gasteiger partial charge in [-0.05, 0) is 50.6 Å². The van der Waals surface area contributed by atoms with Gasteiger partial charge in [0.15, 0.2) is 0 Å². The van der Waals surface area contributed by atoms with Crippen molar-refractivity contribution in [1.82, 2.24) is 4.98 Å². The molecule has 1 aliphatic rings. The van der Waals surface area contributed by atoms with E-state index in [0.29, 0.717) is 45.0 Å². The lowest BCUT2D eigenvalue weighted by Crippen LogP contribution is -2.09. The highest BCUT2D eigenvalue weighted by atomic mass is 32.2. The van der Waals surface area contributed by atoms with Crippen LogP contribution < -0.4 is 10.0 Å². The monoisotopic (exact) mass is 403 g/mol. The molecule has 3 N–H and O–H groups in total. The van der Waals surface area contributed by atoms with Gasteiger partial charge in [0.2, 0.25) is 10.0 Å². The number of aromatic nitrogens is 1. The minimum atomic E-state index is -3.44. The zero-order chi connectivity index (χ0) is 20.6. The molecular weight excluding hydrogens is 382 g/mol. The van der Waals surface area contributed by atoms with E-state index < -0.39 is 16.0 Å². The number of benzene rings is 1. The van der Waals surface area contributed by atoms with Crippen molar-refractivity contribution in [3.63, 3.8) is 0 Å². The second kappa shape index (κ2) is 7.16. The molecule has 0 fully saturated rings. The second-order valence-electron chi connectivity index (χ2n) is 6.53. The number of nitrogens with one attached hydrogen (secondary N) is 3. The highest BCUT2D eigenvalue weighted by molar-refractivity contribution is 7.92. The van der Waals surface area contributed by atoms with Crippen molar-refractivity contribution in [2.45, 2.75) is 20.8 Å². The van der Waals surface area contributed by atoms with Gasteiger partial charge in [-0.1, -0.05) is 0 Å². The zero-order valence-electron chi connectivity index (χ0n) is 16.0. The molecule has 28 heavy (non-hydrogen) atoms. The van der Waals surface area contributed by atoms with Crippen LogP contribution in [0.5, 0.6) is 0 Å². The first kappa shape index (κ1) is 19.7. The number of sulfonamides is 1. The van der Waals surface area contributed by atoms with Gasteiger partial charge in [0.05, 0.1) is 24.0 Å². The van der Waals surface area contributed by atoms with Crippen molar-refractivity contribution in [3.8, 4) is 0 Å². The summed E-state index contributed by atoms with van der Waals surface area (Å²) in [6, 6.07) is 4.81. The van der Waals surface area contributed by atoms with Gasteiger partial charge in [-0.25, -0.2) is 13.2 Å². The summed E-state index contributed by atoms with van der Waals surface area (Å²) in [7, 11) is -3.44. The first-order chi connectivity index (χ1) is 13.1. The Morgan fingerprint density at radius 2 is 2.00 bits per heavy atom. The van der Waals surface area contributed by atoms with Crippen molar-refractivity contribution >= 4 is 44.9 Å². The Morgan fingerprint density at radius 3 is 2.64 bits per heavy atom. The van der Waals surface area contributed by atoms with Gasteiger partial charge in [-0.2, -0.15) is 0 Å². The number of hydrogen-bond acceptors (Lipinski definition) is 5. The van der Waals surface area contributed by atoms with Crippen LogP contribution in [0.3, 0.4) is 0 Å². The number of H-pyrrole nitrogens is 1. The number of aryl methyl sites for hydroxylation is 1. The topological polar surface area (TPSA) is 117 Å². The summed E-state index contributed by atoms with van der Waals surface area (Å²) in [5.41, 5.74) is 4.26. The van der Waals surface area contributed by atoms with Crippen LogP contribution in [0.15, 0.2) is 18.2 Å². The first-order valence-electron chi connectivity index (χ1n) is 8.62. The van der Waals surface area contributed by atoms with Gasteiger partial charge in [-0.3, -0.25) is 9.52 Å². The van der Waals surface area contributed by atoms with E-state index >= 15 is 0 Å². The molecule has 1 amide bonds. The van der Waals surface area contributed by atoms with Crippen LogP contribution in [-0.2, 0) is 19.6 Å². The van der Waals surface area contributed by atoms with Gasteiger partial charge < -0.3 is 15.0 Å². The Labute approximate surface area is 163 Å². The van der Waals surface area contributed by atoms with Gasteiger partial charge in [0.1, 0.15) is 0 Å². The summed E-state index contributed by atoms with van der Waals surface area (Å²) in [5, 5.41) is 2.75. The van der Waals surface area contributed by atoms with Crippen LogP contribution in [-0.4, -0.2) is 38.1 Å². The number of esters is 1. The Balaban J connectivity index is 2.05. The van der Waals surface area contributed by atoms with Crippen LogP contribution in [0.25, 0.3) is 11.6 Å². The number of carbonyl (C=O) groups is 2. The molecule has 2 heterocycles. The Hall–Kier alpha value is -3.07. The quantitative estimate of drug-likeness (QED) is 0.524. The number of anilines is 2. The van der Waals surface area contributed by atoms with Gasteiger partial charge in [0, 0.05) is 28.3 Å². The molecule has 0 saturated carbocycles. The van der Waals surface area contributed by atoms with Gasteiger partial charge in [-0.15, -0.1) is 0 Å². The normalized spacial score (nSPS) is 14.7. The Morgan fingerprint density at radius 1 is 1.29 bits per heavy atom. The Kier molecular flexibility index (Phi) is 5.03. The predicted molar refractivity (Wildman–Crippen MR) is 108 cm³/mol. The number of amides is 1. The van der Waals surface area contributed by atoms with E-state index in [-0.39, 0.29) is 12.5 Å². The lowest BCUT2D eigenvalue weighted by molar-refractivity contribution is -0.110. The van der Waals surface area contributed by atoms with Crippen molar-refractivity contribution < 1.29 is 22.7 Å². The molecule has 8 nitrogen and oxygen atoms in total. The maximum absolute atomic E-state index is 12.4. The summed E-state index contributed by atoms with van der Waals surface area (Å²) >= 11 is 0. The van der Waals surface area contributed by atoms with E-state index in [1.807, 2.05) is 0 Å². The number of hydrogen-bond donors (Lipinski definition) is 3. The van der Waals surface area contributed by atoms with E-state index in [1.54, 1.807) is 45.0 Å². The molecule has 0 saturated heterocycles. The van der Waals surface area contributed by atoms with Crippen molar-refractivity contribution in [2.24, 2.45) is 0 Å². The molecule has 1 aromatic heterocycles. The Bertz CT molecular complexity index is 1110. The maximum atomic E-state index is 12.4. The molecule has 0 unspecified atom stereocenters. The summed E-state index contributed by atoms with van der Waals surface area (Å²) in [6.07, 6.45) is 2.71. The number of aromatic amines is 1. The fraction of sp³-hybridized carbons (Fsp3) is 0.263. The molecule has 0 radical (unpaired) electrons. The minimum Gasteiger partial charge on any atom is -0.462 e. The first-order valence-corrected chi connectivity index (χ1v) is 10.5. The molecule has 0 atom stereocenters. The predicted octanol–water partition coefficient (Wildman–Crippen LogP) is 2.67. The van der Waals surface area contributed by atoms with Crippen LogP contribution >= 0.6 is 0 Å². The third-order valence-electron chi connectivity index (χ3n) is 4.35. The lowest BCUT2D eigenvalue weighted by Gasteiger charge is -2.06. The zero-order valence-corrected chi connectivity index (χ0v) is 16.8. The molecule has 0 spiro atoms. The largest absolute Gasteiger partial charge is 0.462 e. The summed E-state index contributed by atoms with van der Waals surface area (Å²) in [5.74, 6) is -0.731. The lowest BCUT2D eigenvalue weighted by atomic mass is 10.0. The van der Waals surface area contributed by atoms with Crippen molar-refractivity contribution in [2.75, 3.05) is 22.9 Å². The molecule has 0 aliphatic carbocycles. The summed E-state index contributed by atoms with van der Waals surface area (Å²) in [6.45, 7) is 5.54. The summed E-state index contributed by atoms with van der Waals surface area (Å²) < 4.78 is 30.5. The average molecular weight is 403 g/mol. The molecule has 9 heteroatoms. The average Bonchev–Trinajstić information content (AvgIpc) is 3.03. The fourth-order valence-electron chi connectivity index (χ4n) is 3.18. The van der Waals surface area contributed by atoms with E-state index in [1.165, 1.54) is 0 Å². The smallest absolute Gasteiger partial charge is 0.340 e. The standard InChI is InChI=1S/C19H21N3O5S/c1-5-27-19(24)17-10(2)16(20-11(17)3)9-14-13-8-12(22-28(4,25)26)6-7-15(13)21-18(14)23/h6-9,20,22H,5H2,1-4H3,(H,21,23). The molecule has 0 bridgehead atoms. The number of ether oxygens (including phenoxy) is 1. The van der Waals surface area contributed by atoms with Crippen LogP contribution in [0.2, 0.25) is 0 Å². The molecule has 1 aliphatic heterocycles. The van der Waals surface area contributed by atoms with E-state index in [9.17, 15) is 18.0 Å². The molecule has 1 aromatic carbocycles.